The van der Waals surface area contributed by atoms with Gasteiger partial charge in [-0.2, -0.15) is 5.10 Å². The van der Waals surface area contributed by atoms with Crippen LogP contribution in [-0.2, 0) is 13.0 Å². The van der Waals surface area contributed by atoms with Crippen LogP contribution in [0.4, 0.5) is 0 Å². The Balaban J connectivity index is 2.22. The van der Waals surface area contributed by atoms with Gasteiger partial charge in [0.2, 0.25) is 5.88 Å². The fraction of sp³-hybridized carbons (Fsp3) is 0.429. The van der Waals surface area contributed by atoms with E-state index in [0.29, 0.717) is 5.88 Å². The van der Waals surface area contributed by atoms with Gasteiger partial charge in [0.05, 0.1) is 12.8 Å². The summed E-state index contributed by atoms with van der Waals surface area (Å²) in [6.07, 6.45) is 2.42. The molecular formula is C14H20N4O. The van der Waals surface area contributed by atoms with E-state index >= 15 is 0 Å². The second-order valence-corrected chi connectivity index (χ2v) is 4.51. The number of nitrogens with two attached hydrogens (primary N) is 1. The van der Waals surface area contributed by atoms with E-state index < -0.39 is 0 Å². The van der Waals surface area contributed by atoms with Crippen LogP contribution in [0.15, 0.2) is 24.4 Å². The summed E-state index contributed by atoms with van der Waals surface area (Å²) in [4.78, 5) is 4.18. The SMILES string of the molecule is CCn1nc(C)cc1CC(N)c1cccnc1OC. The molecule has 5 nitrogen and oxygen atoms in total. The van der Waals surface area contributed by atoms with Crippen LogP contribution in [0.2, 0.25) is 0 Å². The molecule has 102 valence electrons. The summed E-state index contributed by atoms with van der Waals surface area (Å²) in [6, 6.07) is 5.76. The van der Waals surface area contributed by atoms with E-state index in [1.165, 1.54) is 0 Å². The van der Waals surface area contributed by atoms with Crippen molar-refractivity contribution in [3.05, 3.63) is 41.3 Å². The fourth-order valence-electron chi connectivity index (χ4n) is 2.23. The summed E-state index contributed by atoms with van der Waals surface area (Å²) < 4.78 is 7.24. The molecule has 0 aliphatic heterocycles. The van der Waals surface area contributed by atoms with Crippen molar-refractivity contribution in [1.82, 2.24) is 14.8 Å². The first-order chi connectivity index (χ1) is 9.15. The molecule has 0 amide bonds. The first kappa shape index (κ1) is 13.5. The number of nitrogens with zero attached hydrogens (tertiary/aromatic N) is 3. The molecule has 5 heteroatoms. The van der Waals surface area contributed by atoms with Crippen LogP contribution in [0.25, 0.3) is 0 Å². The summed E-state index contributed by atoms with van der Waals surface area (Å²) in [5.41, 5.74) is 9.35. The van der Waals surface area contributed by atoms with E-state index in [-0.39, 0.29) is 6.04 Å². The summed E-state index contributed by atoms with van der Waals surface area (Å²) in [5, 5.41) is 4.43. The molecule has 0 aliphatic rings. The van der Waals surface area contributed by atoms with E-state index in [1.807, 2.05) is 23.7 Å². The number of ether oxygens (including phenoxy) is 1. The van der Waals surface area contributed by atoms with Crippen molar-refractivity contribution in [2.75, 3.05) is 7.11 Å². The lowest BCUT2D eigenvalue weighted by atomic mass is 10.0. The molecule has 0 bridgehead atoms. The molecule has 0 aliphatic carbocycles. The van der Waals surface area contributed by atoms with Crippen LogP contribution in [0.5, 0.6) is 5.88 Å². The average molecular weight is 260 g/mol. The molecule has 2 aromatic heterocycles. The Morgan fingerprint density at radius 2 is 2.26 bits per heavy atom. The zero-order valence-corrected chi connectivity index (χ0v) is 11.6. The number of hydrogen-bond acceptors (Lipinski definition) is 4. The number of pyridine rings is 1. The molecule has 2 rings (SSSR count). The van der Waals surface area contributed by atoms with Gasteiger partial charge in [-0.3, -0.25) is 4.68 Å². The van der Waals surface area contributed by atoms with Crippen molar-refractivity contribution in [3.63, 3.8) is 0 Å². The monoisotopic (exact) mass is 260 g/mol. The fourth-order valence-corrected chi connectivity index (χ4v) is 2.23. The summed E-state index contributed by atoms with van der Waals surface area (Å²) in [5.74, 6) is 0.592. The van der Waals surface area contributed by atoms with E-state index in [0.717, 1.165) is 29.9 Å². The Labute approximate surface area is 113 Å². The zero-order chi connectivity index (χ0) is 13.8. The van der Waals surface area contributed by atoms with Crippen LogP contribution in [0.1, 0.15) is 29.9 Å². The lowest BCUT2D eigenvalue weighted by molar-refractivity contribution is 0.388. The Hall–Kier alpha value is -1.88. The predicted octanol–water partition coefficient (Wildman–Crippen LogP) is 1.86. The largest absolute Gasteiger partial charge is 0.481 e. The second kappa shape index (κ2) is 5.84. The van der Waals surface area contributed by atoms with Crippen molar-refractivity contribution in [1.29, 1.82) is 0 Å². The quantitative estimate of drug-likeness (QED) is 0.891. The van der Waals surface area contributed by atoms with Gasteiger partial charge >= 0.3 is 0 Å². The maximum atomic E-state index is 6.28. The minimum absolute atomic E-state index is 0.148. The van der Waals surface area contributed by atoms with Crippen LogP contribution in [0, 0.1) is 6.92 Å². The third kappa shape index (κ3) is 2.93. The van der Waals surface area contributed by atoms with Crippen LogP contribution < -0.4 is 10.5 Å². The van der Waals surface area contributed by atoms with Crippen molar-refractivity contribution < 1.29 is 4.74 Å². The van der Waals surface area contributed by atoms with Gasteiger partial charge in [-0.1, -0.05) is 6.07 Å². The average Bonchev–Trinajstić information content (AvgIpc) is 2.78. The predicted molar refractivity (Wildman–Crippen MR) is 74.1 cm³/mol. The molecule has 0 saturated carbocycles. The standard InChI is InChI=1S/C14H20N4O/c1-4-18-11(8-10(2)17-18)9-13(15)12-6-5-7-16-14(12)19-3/h5-8,13H,4,9,15H2,1-3H3. The molecule has 1 atom stereocenters. The van der Waals surface area contributed by atoms with Gasteiger partial charge in [0.15, 0.2) is 0 Å². The highest BCUT2D eigenvalue weighted by molar-refractivity contribution is 5.30. The lowest BCUT2D eigenvalue weighted by Gasteiger charge is -2.15. The Bertz CT molecular complexity index is 550. The Morgan fingerprint density at radius 3 is 2.95 bits per heavy atom. The molecule has 0 radical (unpaired) electrons. The molecular weight excluding hydrogens is 240 g/mol. The van der Waals surface area contributed by atoms with Gasteiger partial charge in [-0.05, 0) is 26.0 Å². The second-order valence-electron chi connectivity index (χ2n) is 4.51. The summed E-state index contributed by atoms with van der Waals surface area (Å²) in [7, 11) is 1.61. The van der Waals surface area contributed by atoms with Gasteiger partial charge in [-0.25, -0.2) is 4.98 Å². The van der Waals surface area contributed by atoms with Crippen molar-refractivity contribution in [3.8, 4) is 5.88 Å². The first-order valence-electron chi connectivity index (χ1n) is 6.43. The number of aryl methyl sites for hydroxylation is 2. The molecule has 19 heavy (non-hydrogen) atoms. The lowest BCUT2D eigenvalue weighted by Crippen LogP contribution is -2.17. The van der Waals surface area contributed by atoms with E-state index in [1.54, 1.807) is 13.3 Å². The molecule has 0 saturated heterocycles. The first-order valence-corrected chi connectivity index (χ1v) is 6.43. The highest BCUT2D eigenvalue weighted by atomic mass is 16.5. The van der Waals surface area contributed by atoms with Gasteiger partial charge in [0.1, 0.15) is 0 Å². The van der Waals surface area contributed by atoms with E-state index in [4.69, 9.17) is 10.5 Å². The summed E-state index contributed by atoms with van der Waals surface area (Å²) in [6.45, 7) is 4.91. The number of aromatic nitrogens is 3. The normalized spacial score (nSPS) is 12.4. The molecule has 2 heterocycles. The van der Waals surface area contributed by atoms with Crippen molar-refractivity contribution >= 4 is 0 Å². The molecule has 0 aromatic carbocycles. The molecule has 1 unspecified atom stereocenters. The third-order valence-electron chi connectivity index (χ3n) is 3.11. The molecule has 2 N–H and O–H groups in total. The van der Waals surface area contributed by atoms with E-state index in [9.17, 15) is 0 Å². The van der Waals surface area contributed by atoms with Gasteiger partial charge < -0.3 is 10.5 Å². The van der Waals surface area contributed by atoms with Crippen LogP contribution >= 0.6 is 0 Å². The Kier molecular flexibility index (Phi) is 4.16. The molecule has 2 aromatic rings. The van der Waals surface area contributed by atoms with Gasteiger partial charge in [0.25, 0.3) is 0 Å². The van der Waals surface area contributed by atoms with Gasteiger partial charge in [0, 0.05) is 36.5 Å². The highest BCUT2D eigenvalue weighted by Crippen LogP contribution is 2.23. The van der Waals surface area contributed by atoms with Gasteiger partial charge in [-0.15, -0.1) is 0 Å². The van der Waals surface area contributed by atoms with E-state index in [2.05, 4.69) is 23.1 Å². The Morgan fingerprint density at radius 1 is 1.47 bits per heavy atom. The van der Waals surface area contributed by atoms with Crippen molar-refractivity contribution in [2.24, 2.45) is 5.73 Å². The summed E-state index contributed by atoms with van der Waals surface area (Å²) >= 11 is 0. The van der Waals surface area contributed by atoms with Crippen LogP contribution in [0.3, 0.4) is 0 Å². The maximum Gasteiger partial charge on any atom is 0.217 e. The maximum absolute atomic E-state index is 6.28. The minimum atomic E-state index is -0.148. The number of hydrogen-bond donors (Lipinski definition) is 1. The number of methoxy groups -OCH3 is 1. The smallest absolute Gasteiger partial charge is 0.217 e. The highest BCUT2D eigenvalue weighted by Gasteiger charge is 2.15. The van der Waals surface area contributed by atoms with Crippen LogP contribution in [-0.4, -0.2) is 21.9 Å². The van der Waals surface area contributed by atoms with Crippen molar-refractivity contribution in [2.45, 2.75) is 32.9 Å². The minimum Gasteiger partial charge on any atom is -0.481 e. The molecule has 0 fully saturated rings. The number of rotatable bonds is 5. The zero-order valence-electron chi connectivity index (χ0n) is 11.6. The topological polar surface area (TPSA) is 66.0 Å². The third-order valence-corrected chi connectivity index (χ3v) is 3.11. The molecule has 0 spiro atoms.